The first-order valence-electron chi connectivity index (χ1n) is 10.3. The number of pyridine rings is 1. The molecule has 1 aliphatic heterocycles. The Kier molecular flexibility index (Phi) is 4.88. The molecule has 0 bridgehead atoms. The van der Waals surface area contributed by atoms with E-state index < -0.39 is 0 Å². The summed E-state index contributed by atoms with van der Waals surface area (Å²) < 4.78 is 13.6. The predicted molar refractivity (Wildman–Crippen MR) is 114 cm³/mol. The van der Waals surface area contributed by atoms with E-state index in [-0.39, 0.29) is 12.7 Å². The number of carbonyl (C=O) groups excluding carboxylic acids is 1. The minimum absolute atomic E-state index is 0.248. The molecule has 1 aliphatic rings. The second-order valence-electron chi connectivity index (χ2n) is 7.62. The van der Waals surface area contributed by atoms with Gasteiger partial charge in [0.05, 0.1) is 16.6 Å². The first kappa shape index (κ1) is 18.7. The second-order valence-corrected chi connectivity index (χ2v) is 7.62. The number of rotatable bonds is 7. The van der Waals surface area contributed by atoms with Crippen molar-refractivity contribution in [1.82, 2.24) is 15.0 Å². The van der Waals surface area contributed by atoms with Gasteiger partial charge in [-0.2, -0.15) is 0 Å². The third-order valence-electron chi connectivity index (χ3n) is 5.74. The van der Waals surface area contributed by atoms with Gasteiger partial charge in [0.1, 0.15) is 0 Å². The van der Waals surface area contributed by atoms with Gasteiger partial charge in [-0.15, -0.1) is 0 Å². The SMILES string of the molecule is O=C(CCCCCCn1c2cc3c(cc2c2ncc4ccccc4c21)OCO3)NO. The number of aromatic nitrogens is 2. The van der Waals surface area contributed by atoms with Crippen molar-refractivity contribution in [3.8, 4) is 11.5 Å². The number of hydrogen-bond donors (Lipinski definition) is 2. The van der Waals surface area contributed by atoms with Crippen molar-refractivity contribution in [3.05, 3.63) is 42.6 Å². The van der Waals surface area contributed by atoms with Crippen LogP contribution in [0.1, 0.15) is 32.1 Å². The summed E-state index contributed by atoms with van der Waals surface area (Å²) in [5.74, 6) is 1.20. The molecule has 3 heterocycles. The number of aryl methyl sites for hydroxylation is 1. The van der Waals surface area contributed by atoms with E-state index in [4.69, 9.17) is 19.7 Å². The number of hydrogen-bond acceptors (Lipinski definition) is 5. The van der Waals surface area contributed by atoms with Crippen LogP contribution in [0.2, 0.25) is 0 Å². The molecule has 4 aromatic rings. The predicted octanol–water partition coefficient (Wildman–Crippen LogP) is 4.53. The summed E-state index contributed by atoms with van der Waals surface area (Å²) in [6.07, 6.45) is 5.97. The summed E-state index contributed by atoms with van der Waals surface area (Å²) in [5.41, 5.74) is 4.88. The summed E-state index contributed by atoms with van der Waals surface area (Å²) >= 11 is 0. The lowest BCUT2D eigenvalue weighted by molar-refractivity contribution is -0.129. The fourth-order valence-corrected chi connectivity index (χ4v) is 4.28. The number of ether oxygens (including phenoxy) is 2. The first-order chi connectivity index (χ1) is 14.8. The molecule has 0 unspecified atom stereocenters. The molecule has 0 fully saturated rings. The lowest BCUT2D eigenvalue weighted by atomic mass is 10.1. The van der Waals surface area contributed by atoms with Crippen molar-refractivity contribution in [2.45, 2.75) is 38.6 Å². The smallest absolute Gasteiger partial charge is 0.243 e. The summed E-state index contributed by atoms with van der Waals surface area (Å²) in [5, 5.41) is 12.0. The van der Waals surface area contributed by atoms with Crippen molar-refractivity contribution in [1.29, 1.82) is 0 Å². The van der Waals surface area contributed by atoms with Gasteiger partial charge < -0.3 is 14.0 Å². The summed E-state index contributed by atoms with van der Waals surface area (Å²) in [7, 11) is 0. The Morgan fingerprint density at radius 1 is 1.07 bits per heavy atom. The van der Waals surface area contributed by atoms with Crippen molar-refractivity contribution >= 4 is 38.6 Å². The molecule has 0 radical (unpaired) electrons. The van der Waals surface area contributed by atoms with Crippen LogP contribution in [0.25, 0.3) is 32.7 Å². The largest absolute Gasteiger partial charge is 0.454 e. The number of nitrogens with one attached hydrogen (secondary N) is 1. The molecule has 7 heteroatoms. The molecule has 0 aliphatic carbocycles. The quantitative estimate of drug-likeness (QED) is 0.268. The van der Waals surface area contributed by atoms with Crippen LogP contribution in [0.3, 0.4) is 0 Å². The molecule has 5 rings (SSSR count). The van der Waals surface area contributed by atoms with Gasteiger partial charge in [-0.25, -0.2) is 5.48 Å². The van der Waals surface area contributed by atoms with Crippen molar-refractivity contribution < 1.29 is 19.5 Å². The van der Waals surface area contributed by atoms with Gasteiger partial charge >= 0.3 is 0 Å². The van der Waals surface area contributed by atoms with Crippen molar-refractivity contribution in [3.63, 3.8) is 0 Å². The molecule has 2 aromatic heterocycles. The normalized spacial score (nSPS) is 12.8. The minimum atomic E-state index is -0.328. The van der Waals surface area contributed by atoms with Crippen LogP contribution in [-0.4, -0.2) is 27.5 Å². The lowest BCUT2D eigenvalue weighted by Gasteiger charge is -2.09. The Morgan fingerprint density at radius 3 is 2.73 bits per heavy atom. The maximum atomic E-state index is 11.1. The van der Waals surface area contributed by atoms with E-state index in [1.54, 1.807) is 5.48 Å². The van der Waals surface area contributed by atoms with Gasteiger partial charge in [-0.3, -0.25) is 15.0 Å². The molecule has 0 saturated heterocycles. The highest BCUT2D eigenvalue weighted by Crippen LogP contribution is 2.41. The number of unbranched alkanes of at least 4 members (excludes halogenated alkanes) is 3. The zero-order valence-electron chi connectivity index (χ0n) is 16.6. The molecule has 154 valence electrons. The van der Waals surface area contributed by atoms with Crippen LogP contribution in [0.4, 0.5) is 0 Å². The van der Waals surface area contributed by atoms with E-state index in [0.717, 1.165) is 71.0 Å². The Labute approximate surface area is 173 Å². The molecule has 0 spiro atoms. The van der Waals surface area contributed by atoms with E-state index in [2.05, 4.69) is 28.8 Å². The Bertz CT molecular complexity index is 1250. The van der Waals surface area contributed by atoms with E-state index in [1.165, 1.54) is 5.39 Å². The summed E-state index contributed by atoms with van der Waals surface area (Å²) in [6.45, 7) is 1.10. The fraction of sp³-hybridized carbons (Fsp3) is 0.304. The number of carbonyl (C=O) groups is 1. The third kappa shape index (κ3) is 3.21. The van der Waals surface area contributed by atoms with Gasteiger partial charge in [0.25, 0.3) is 0 Å². The van der Waals surface area contributed by atoms with Gasteiger partial charge in [-0.1, -0.05) is 37.1 Å². The highest BCUT2D eigenvalue weighted by Gasteiger charge is 2.21. The van der Waals surface area contributed by atoms with Gasteiger partial charge in [-0.05, 0) is 18.9 Å². The van der Waals surface area contributed by atoms with Gasteiger partial charge in [0.15, 0.2) is 11.5 Å². The number of fused-ring (bicyclic) bond motifs is 6. The number of hydroxylamine groups is 1. The standard InChI is InChI=1S/C23H23N3O4/c27-21(25-28)9-3-1-2-6-10-26-18-12-20-19(29-14-30-20)11-17(18)22-23(26)16-8-5-4-7-15(16)13-24-22/h4-5,7-8,11-13,28H,1-3,6,9-10,14H2,(H,25,27). The molecule has 2 N–H and O–H groups in total. The highest BCUT2D eigenvalue weighted by molar-refractivity contribution is 6.16. The first-order valence-corrected chi connectivity index (χ1v) is 10.3. The van der Waals surface area contributed by atoms with Crippen LogP contribution >= 0.6 is 0 Å². The van der Waals surface area contributed by atoms with Crippen LogP contribution in [-0.2, 0) is 11.3 Å². The zero-order chi connectivity index (χ0) is 20.5. The molecular weight excluding hydrogens is 382 g/mol. The monoisotopic (exact) mass is 405 g/mol. The topological polar surface area (TPSA) is 85.6 Å². The fourth-order valence-electron chi connectivity index (χ4n) is 4.28. The summed E-state index contributed by atoms with van der Waals surface area (Å²) in [4.78, 5) is 15.9. The average molecular weight is 405 g/mol. The Morgan fingerprint density at radius 2 is 1.87 bits per heavy atom. The molecule has 2 aromatic carbocycles. The van der Waals surface area contributed by atoms with E-state index in [0.29, 0.717) is 6.42 Å². The van der Waals surface area contributed by atoms with Crippen LogP contribution in [0.15, 0.2) is 42.6 Å². The Hall–Kier alpha value is -3.32. The lowest BCUT2D eigenvalue weighted by Crippen LogP contribution is -2.17. The minimum Gasteiger partial charge on any atom is -0.454 e. The van der Waals surface area contributed by atoms with Crippen molar-refractivity contribution in [2.75, 3.05) is 6.79 Å². The molecule has 0 atom stereocenters. The maximum Gasteiger partial charge on any atom is 0.243 e. The van der Waals surface area contributed by atoms with E-state index in [9.17, 15) is 4.79 Å². The molecule has 1 amide bonds. The molecular formula is C23H23N3O4. The number of nitrogens with zero attached hydrogens (tertiary/aromatic N) is 2. The second kappa shape index (κ2) is 7.84. The van der Waals surface area contributed by atoms with E-state index >= 15 is 0 Å². The van der Waals surface area contributed by atoms with Crippen LogP contribution < -0.4 is 15.0 Å². The van der Waals surface area contributed by atoms with Gasteiger partial charge in [0.2, 0.25) is 12.7 Å². The number of benzene rings is 2. The average Bonchev–Trinajstić information content (AvgIpc) is 3.36. The van der Waals surface area contributed by atoms with Crippen LogP contribution in [0.5, 0.6) is 11.5 Å². The molecule has 7 nitrogen and oxygen atoms in total. The van der Waals surface area contributed by atoms with E-state index in [1.807, 2.05) is 18.3 Å². The number of amides is 1. The highest BCUT2D eigenvalue weighted by atomic mass is 16.7. The van der Waals surface area contributed by atoms with Gasteiger partial charge in [0, 0.05) is 41.4 Å². The Balaban J connectivity index is 1.51. The molecule has 0 saturated carbocycles. The third-order valence-corrected chi connectivity index (χ3v) is 5.74. The van der Waals surface area contributed by atoms with Crippen molar-refractivity contribution in [2.24, 2.45) is 0 Å². The maximum absolute atomic E-state index is 11.1. The van der Waals surface area contributed by atoms with Crippen LogP contribution in [0, 0.1) is 0 Å². The summed E-state index contributed by atoms with van der Waals surface area (Å²) in [6, 6.07) is 12.4. The molecule has 30 heavy (non-hydrogen) atoms. The zero-order valence-corrected chi connectivity index (χ0v) is 16.6.